The van der Waals surface area contributed by atoms with Crippen molar-refractivity contribution in [2.45, 2.75) is 11.8 Å². The first-order chi connectivity index (χ1) is 8.87. The van der Waals surface area contributed by atoms with Gasteiger partial charge in [0.1, 0.15) is 4.90 Å². The lowest BCUT2D eigenvalue weighted by Crippen LogP contribution is -2.31. The summed E-state index contributed by atoms with van der Waals surface area (Å²) < 4.78 is 25.1. The van der Waals surface area contributed by atoms with Crippen molar-refractivity contribution in [1.82, 2.24) is 4.31 Å². The van der Waals surface area contributed by atoms with Crippen molar-refractivity contribution < 1.29 is 13.2 Å². The predicted molar refractivity (Wildman–Crippen MR) is 69.0 cm³/mol. The van der Waals surface area contributed by atoms with E-state index in [1.54, 1.807) is 13.0 Å². The molecule has 0 bridgehead atoms. The Labute approximate surface area is 115 Å². The summed E-state index contributed by atoms with van der Waals surface area (Å²) in [5.41, 5.74) is 0.551. The summed E-state index contributed by atoms with van der Waals surface area (Å²) in [4.78, 5) is 12.0. The Morgan fingerprint density at radius 1 is 1.53 bits per heavy atom. The largest absolute Gasteiger partial charge is 0.269 e. The minimum absolute atomic E-state index is 0.0494. The molecular weight excluding hydrogens is 288 g/mol. The second-order valence-electron chi connectivity index (χ2n) is 4.08. The van der Waals surface area contributed by atoms with Crippen LogP contribution in [0.25, 0.3) is 0 Å². The third-order valence-corrected chi connectivity index (χ3v) is 4.69. The molecule has 1 aliphatic heterocycles. The fourth-order valence-corrected chi connectivity index (χ4v) is 3.56. The van der Waals surface area contributed by atoms with Crippen LogP contribution in [0, 0.1) is 11.3 Å². The number of nitrogens with zero attached hydrogens (tertiary/aromatic N) is 2. The number of rotatable bonds is 2. The molecule has 1 aliphatic rings. The van der Waals surface area contributed by atoms with E-state index in [9.17, 15) is 13.2 Å². The number of halogens is 1. The Morgan fingerprint density at radius 2 is 2.21 bits per heavy atom. The van der Waals surface area contributed by atoms with Gasteiger partial charge in [0.25, 0.3) is 15.9 Å². The number of fused-ring (bicyclic) bond motifs is 1. The zero-order valence-corrected chi connectivity index (χ0v) is 11.5. The molecule has 0 spiro atoms. The normalized spacial score (nSPS) is 17.2. The maximum absolute atomic E-state index is 12.2. The van der Waals surface area contributed by atoms with Crippen molar-refractivity contribution in [3.8, 4) is 6.07 Å². The van der Waals surface area contributed by atoms with Gasteiger partial charge in [-0.05, 0) is 30.7 Å². The van der Waals surface area contributed by atoms with Gasteiger partial charge in [-0.2, -0.15) is 5.26 Å². The number of hydrogen-bond donors (Lipinski definition) is 0. The van der Waals surface area contributed by atoms with Crippen molar-refractivity contribution in [3.05, 3.63) is 40.4 Å². The molecule has 0 aliphatic carbocycles. The minimum atomic E-state index is -3.85. The molecule has 0 atom stereocenters. The highest BCUT2D eigenvalue weighted by Gasteiger charge is 2.41. The Morgan fingerprint density at radius 3 is 2.84 bits per heavy atom. The van der Waals surface area contributed by atoms with Gasteiger partial charge in [-0.25, -0.2) is 12.7 Å². The van der Waals surface area contributed by atoms with E-state index in [0.29, 0.717) is 10.6 Å². The topological polar surface area (TPSA) is 78.2 Å². The zero-order chi connectivity index (χ0) is 14.2. The lowest BCUT2D eigenvalue weighted by molar-refractivity contribution is 0.0878. The van der Waals surface area contributed by atoms with Crippen molar-refractivity contribution in [3.63, 3.8) is 0 Å². The van der Waals surface area contributed by atoms with Gasteiger partial charge in [-0.15, -0.1) is 0 Å². The molecule has 0 N–H and O–H groups in total. The molecule has 98 valence electrons. The van der Waals surface area contributed by atoms with Crippen molar-refractivity contribution >= 4 is 27.5 Å². The van der Waals surface area contributed by atoms with Gasteiger partial charge in [-0.3, -0.25) is 4.79 Å². The Hall–Kier alpha value is -1.84. The highest BCUT2D eigenvalue weighted by atomic mass is 35.5. The van der Waals surface area contributed by atoms with E-state index in [1.807, 2.05) is 0 Å². The van der Waals surface area contributed by atoms with Crippen LogP contribution in [0.15, 0.2) is 34.7 Å². The van der Waals surface area contributed by atoms with Gasteiger partial charge >= 0.3 is 0 Å². The van der Waals surface area contributed by atoms with Crippen LogP contribution in [-0.4, -0.2) is 25.2 Å². The third-order valence-electron chi connectivity index (χ3n) is 2.67. The Bertz CT molecular complexity index is 732. The molecular formula is C12H9ClN2O3S. The molecule has 1 aromatic carbocycles. The third kappa shape index (κ3) is 2.23. The highest BCUT2D eigenvalue weighted by Crippen LogP contribution is 2.32. The lowest BCUT2D eigenvalue weighted by atomic mass is 10.2. The van der Waals surface area contributed by atoms with E-state index >= 15 is 0 Å². The number of carbonyl (C=O) groups excluding carboxylic acids is 1. The maximum Gasteiger partial charge on any atom is 0.269 e. The van der Waals surface area contributed by atoms with E-state index in [1.165, 1.54) is 24.3 Å². The van der Waals surface area contributed by atoms with Crippen molar-refractivity contribution in [2.24, 2.45) is 0 Å². The molecule has 0 aromatic heterocycles. The van der Waals surface area contributed by atoms with Crippen LogP contribution in [-0.2, 0) is 10.0 Å². The maximum atomic E-state index is 12.2. The number of allylic oxidation sites excluding steroid dienone is 1. The molecule has 5 nitrogen and oxygen atoms in total. The van der Waals surface area contributed by atoms with Crippen molar-refractivity contribution in [1.29, 1.82) is 5.26 Å². The van der Waals surface area contributed by atoms with Crippen molar-refractivity contribution in [2.75, 3.05) is 6.54 Å². The zero-order valence-electron chi connectivity index (χ0n) is 9.92. The molecule has 19 heavy (non-hydrogen) atoms. The molecule has 0 unspecified atom stereocenters. The average Bonchev–Trinajstić information content (AvgIpc) is 2.51. The number of amides is 1. The van der Waals surface area contributed by atoms with Crippen LogP contribution in [0.5, 0.6) is 0 Å². The van der Waals surface area contributed by atoms with Gasteiger partial charge in [0.15, 0.2) is 0 Å². The SMILES string of the molecule is CC(=CC#N)CN1C(=O)c2cc(Cl)ccc2S1(=O)=O. The molecule has 0 fully saturated rings. The second kappa shape index (κ2) is 4.68. The number of benzene rings is 1. The lowest BCUT2D eigenvalue weighted by Gasteiger charge is -2.14. The molecule has 1 aromatic rings. The van der Waals surface area contributed by atoms with Crippen LogP contribution < -0.4 is 0 Å². The van der Waals surface area contributed by atoms with Crippen LogP contribution in [0.2, 0.25) is 5.02 Å². The van der Waals surface area contributed by atoms with Gasteiger partial charge in [0.2, 0.25) is 0 Å². The second-order valence-corrected chi connectivity index (χ2v) is 6.34. The molecule has 0 saturated heterocycles. The van der Waals surface area contributed by atoms with Gasteiger partial charge in [-0.1, -0.05) is 11.6 Å². The predicted octanol–water partition coefficient (Wildman–Crippen LogP) is 1.95. The summed E-state index contributed by atoms with van der Waals surface area (Å²) >= 11 is 5.76. The quantitative estimate of drug-likeness (QED) is 0.782. The van der Waals surface area contributed by atoms with E-state index in [0.717, 1.165) is 4.31 Å². The summed E-state index contributed by atoms with van der Waals surface area (Å²) in [6.45, 7) is 1.45. The van der Waals surface area contributed by atoms with Gasteiger partial charge in [0, 0.05) is 11.1 Å². The summed E-state index contributed by atoms with van der Waals surface area (Å²) in [6.07, 6.45) is 1.21. The summed E-state index contributed by atoms with van der Waals surface area (Å²) in [7, 11) is -3.85. The van der Waals surface area contributed by atoms with E-state index < -0.39 is 15.9 Å². The first kappa shape index (κ1) is 13.6. The summed E-state index contributed by atoms with van der Waals surface area (Å²) in [6, 6.07) is 5.87. The fraction of sp³-hybridized carbons (Fsp3) is 0.167. The van der Waals surface area contributed by atoms with E-state index in [4.69, 9.17) is 16.9 Å². The molecule has 0 saturated carbocycles. The van der Waals surface area contributed by atoms with Crippen LogP contribution in [0.3, 0.4) is 0 Å². The molecule has 7 heteroatoms. The molecule has 0 radical (unpaired) electrons. The number of hydrogen-bond acceptors (Lipinski definition) is 4. The molecule has 1 heterocycles. The summed E-state index contributed by atoms with van der Waals surface area (Å²) in [5, 5.41) is 8.82. The molecule has 1 amide bonds. The van der Waals surface area contributed by atoms with E-state index in [2.05, 4.69) is 0 Å². The highest BCUT2D eigenvalue weighted by molar-refractivity contribution is 7.90. The number of nitriles is 1. The average molecular weight is 297 g/mol. The first-order valence-corrected chi connectivity index (χ1v) is 7.11. The van der Waals surface area contributed by atoms with E-state index in [-0.39, 0.29) is 17.0 Å². The standard InChI is InChI=1S/C12H9ClN2O3S/c1-8(4-5-14)7-15-12(16)10-6-9(13)2-3-11(10)19(15,17)18/h2-4,6H,7H2,1H3. The van der Waals surface area contributed by atoms with Crippen LogP contribution >= 0.6 is 11.6 Å². The van der Waals surface area contributed by atoms with Gasteiger partial charge < -0.3 is 0 Å². The molecule has 2 rings (SSSR count). The Kier molecular flexibility index (Phi) is 3.35. The Balaban J connectivity index is 2.50. The number of carbonyl (C=O) groups is 1. The fourth-order valence-electron chi connectivity index (χ4n) is 1.80. The minimum Gasteiger partial charge on any atom is -0.268 e. The monoisotopic (exact) mass is 296 g/mol. The summed E-state index contributed by atoms with van der Waals surface area (Å²) in [5.74, 6) is -0.622. The van der Waals surface area contributed by atoms with Crippen LogP contribution in [0.4, 0.5) is 0 Å². The van der Waals surface area contributed by atoms with Gasteiger partial charge in [0.05, 0.1) is 18.2 Å². The van der Waals surface area contributed by atoms with Crippen LogP contribution in [0.1, 0.15) is 17.3 Å². The smallest absolute Gasteiger partial charge is 0.268 e. The number of sulfonamides is 1. The first-order valence-electron chi connectivity index (χ1n) is 5.30.